The molecule has 3 nitrogen and oxygen atoms in total. The molecule has 4 heteroatoms. The van der Waals surface area contributed by atoms with Crippen LogP contribution in [0.5, 0.6) is 0 Å². The fourth-order valence-electron chi connectivity index (χ4n) is 2.54. The van der Waals surface area contributed by atoms with E-state index >= 15 is 0 Å². The third kappa shape index (κ3) is 2.98. The lowest BCUT2D eigenvalue weighted by Gasteiger charge is -2.38. The zero-order valence-corrected chi connectivity index (χ0v) is 11.3. The number of hydrogen-bond donors (Lipinski definition) is 0. The maximum atomic E-state index is 11.7. The van der Waals surface area contributed by atoms with Crippen molar-refractivity contribution < 1.29 is 8.42 Å². The molecule has 0 aliphatic heterocycles. The van der Waals surface area contributed by atoms with Crippen molar-refractivity contribution in [2.24, 2.45) is 17.3 Å². The fourth-order valence-corrected chi connectivity index (χ4v) is 3.91. The van der Waals surface area contributed by atoms with Crippen molar-refractivity contribution in [3.63, 3.8) is 0 Å². The largest absolute Gasteiger partial charge is 0.229 e. The molecular formula is C12H21NO2S. The predicted molar refractivity (Wildman–Crippen MR) is 64.5 cm³/mol. The van der Waals surface area contributed by atoms with Crippen molar-refractivity contribution in [2.75, 3.05) is 6.26 Å². The molecule has 3 unspecified atom stereocenters. The molecule has 0 heterocycles. The standard InChI is InChI=1S/C12H21NO2S/c1-12(2,3)10-6-5-9(8-13)11(7-10)16(4,14)15/h9-11H,5-7H2,1-4H3. The van der Waals surface area contributed by atoms with Crippen LogP contribution in [0.15, 0.2) is 0 Å². The molecule has 0 aromatic rings. The van der Waals surface area contributed by atoms with Gasteiger partial charge in [0.15, 0.2) is 9.84 Å². The Balaban J connectivity index is 2.92. The topological polar surface area (TPSA) is 57.9 Å². The van der Waals surface area contributed by atoms with Gasteiger partial charge in [-0.25, -0.2) is 8.42 Å². The summed E-state index contributed by atoms with van der Waals surface area (Å²) in [6, 6.07) is 2.15. The van der Waals surface area contributed by atoms with Crippen molar-refractivity contribution in [1.29, 1.82) is 5.26 Å². The molecule has 1 aliphatic carbocycles. The Hall–Kier alpha value is -0.560. The van der Waals surface area contributed by atoms with E-state index in [0.29, 0.717) is 12.3 Å². The van der Waals surface area contributed by atoms with Gasteiger partial charge in [-0.05, 0) is 30.6 Å². The molecule has 1 saturated carbocycles. The highest BCUT2D eigenvalue weighted by atomic mass is 32.2. The van der Waals surface area contributed by atoms with Gasteiger partial charge >= 0.3 is 0 Å². The number of hydrogen-bond acceptors (Lipinski definition) is 3. The lowest BCUT2D eigenvalue weighted by molar-refractivity contribution is 0.166. The van der Waals surface area contributed by atoms with Crippen molar-refractivity contribution in [1.82, 2.24) is 0 Å². The van der Waals surface area contributed by atoms with Crippen LogP contribution < -0.4 is 0 Å². The minimum atomic E-state index is -3.10. The summed E-state index contributed by atoms with van der Waals surface area (Å²) in [7, 11) is -3.10. The van der Waals surface area contributed by atoms with Crippen LogP contribution in [0.4, 0.5) is 0 Å². The zero-order valence-electron chi connectivity index (χ0n) is 10.5. The Morgan fingerprint density at radius 2 is 1.81 bits per heavy atom. The molecule has 0 amide bonds. The lowest BCUT2D eigenvalue weighted by Crippen LogP contribution is -2.38. The Bertz CT molecular complexity index is 386. The van der Waals surface area contributed by atoms with Gasteiger partial charge in [-0.2, -0.15) is 5.26 Å². The Kier molecular flexibility index (Phi) is 3.69. The molecule has 1 aliphatic rings. The predicted octanol–water partition coefficient (Wildman–Crippen LogP) is 2.39. The number of nitrogens with zero attached hydrogens (tertiary/aromatic N) is 1. The summed E-state index contributed by atoms with van der Waals surface area (Å²) in [5.74, 6) is 0.0884. The van der Waals surface area contributed by atoms with Crippen molar-refractivity contribution in [2.45, 2.75) is 45.3 Å². The van der Waals surface area contributed by atoms with Crippen LogP contribution in [0.25, 0.3) is 0 Å². The van der Waals surface area contributed by atoms with Gasteiger partial charge in [-0.15, -0.1) is 0 Å². The Morgan fingerprint density at radius 1 is 1.25 bits per heavy atom. The van der Waals surface area contributed by atoms with E-state index in [9.17, 15) is 8.42 Å². The Labute approximate surface area is 98.8 Å². The first-order chi connectivity index (χ1) is 7.16. The molecule has 1 fully saturated rings. The van der Waals surface area contributed by atoms with Gasteiger partial charge in [0.1, 0.15) is 0 Å². The highest BCUT2D eigenvalue weighted by Crippen LogP contribution is 2.41. The second-order valence-electron chi connectivity index (χ2n) is 5.98. The molecule has 0 N–H and O–H groups in total. The van der Waals surface area contributed by atoms with E-state index in [1.54, 1.807) is 0 Å². The second-order valence-corrected chi connectivity index (χ2v) is 8.24. The first kappa shape index (κ1) is 13.5. The molecule has 0 saturated heterocycles. The van der Waals surface area contributed by atoms with Crippen LogP contribution in [0, 0.1) is 28.6 Å². The smallest absolute Gasteiger partial charge is 0.151 e. The molecule has 1 rings (SSSR count). The van der Waals surface area contributed by atoms with E-state index in [-0.39, 0.29) is 11.3 Å². The van der Waals surface area contributed by atoms with Gasteiger partial charge in [0.2, 0.25) is 0 Å². The molecule has 0 aromatic heterocycles. The zero-order chi connectivity index (χ0) is 12.6. The van der Waals surface area contributed by atoms with Crippen molar-refractivity contribution in [3.05, 3.63) is 0 Å². The van der Waals surface area contributed by atoms with Crippen molar-refractivity contribution >= 4 is 9.84 Å². The van der Waals surface area contributed by atoms with Crippen molar-refractivity contribution in [3.8, 4) is 6.07 Å². The van der Waals surface area contributed by atoms with E-state index in [2.05, 4.69) is 26.8 Å². The number of rotatable bonds is 1. The quantitative estimate of drug-likeness (QED) is 0.710. The summed E-state index contributed by atoms with van der Waals surface area (Å²) >= 11 is 0. The summed E-state index contributed by atoms with van der Waals surface area (Å²) in [6.45, 7) is 6.43. The minimum Gasteiger partial charge on any atom is -0.229 e. The fraction of sp³-hybridized carbons (Fsp3) is 0.917. The van der Waals surface area contributed by atoms with Crippen LogP contribution >= 0.6 is 0 Å². The molecule has 0 radical (unpaired) electrons. The van der Waals surface area contributed by atoms with E-state index in [1.165, 1.54) is 6.26 Å². The van der Waals surface area contributed by atoms with Crippen LogP contribution in [0.1, 0.15) is 40.0 Å². The maximum Gasteiger partial charge on any atom is 0.151 e. The van der Waals surface area contributed by atoms with E-state index in [1.807, 2.05) is 0 Å². The summed E-state index contributed by atoms with van der Waals surface area (Å²) in [5.41, 5.74) is 0.128. The number of nitriles is 1. The molecular weight excluding hydrogens is 222 g/mol. The van der Waals surface area contributed by atoms with Crippen LogP contribution in [-0.2, 0) is 9.84 Å². The van der Waals surface area contributed by atoms with E-state index < -0.39 is 15.1 Å². The molecule has 0 aromatic carbocycles. The van der Waals surface area contributed by atoms with Crippen LogP contribution in [-0.4, -0.2) is 19.9 Å². The van der Waals surface area contributed by atoms with Gasteiger partial charge in [-0.1, -0.05) is 20.8 Å². The van der Waals surface area contributed by atoms with E-state index in [0.717, 1.165) is 12.8 Å². The minimum absolute atomic E-state index is 0.128. The van der Waals surface area contributed by atoms with Gasteiger partial charge < -0.3 is 0 Å². The highest BCUT2D eigenvalue weighted by molar-refractivity contribution is 7.91. The summed E-state index contributed by atoms with van der Waals surface area (Å²) < 4.78 is 23.4. The van der Waals surface area contributed by atoms with Crippen LogP contribution in [0.2, 0.25) is 0 Å². The monoisotopic (exact) mass is 243 g/mol. The second kappa shape index (κ2) is 4.37. The van der Waals surface area contributed by atoms with Gasteiger partial charge in [0.25, 0.3) is 0 Å². The molecule has 16 heavy (non-hydrogen) atoms. The summed E-state index contributed by atoms with van der Waals surface area (Å²) in [4.78, 5) is 0. The van der Waals surface area contributed by atoms with Gasteiger partial charge in [0.05, 0.1) is 17.2 Å². The van der Waals surface area contributed by atoms with Crippen LogP contribution in [0.3, 0.4) is 0 Å². The molecule has 92 valence electrons. The summed E-state index contributed by atoms with van der Waals surface area (Å²) in [5, 5.41) is 8.54. The molecule has 3 atom stereocenters. The third-order valence-corrected chi connectivity index (χ3v) is 5.35. The lowest BCUT2D eigenvalue weighted by atomic mass is 9.70. The Morgan fingerprint density at radius 3 is 2.19 bits per heavy atom. The summed E-state index contributed by atoms with van der Waals surface area (Å²) in [6.07, 6.45) is 3.58. The van der Waals surface area contributed by atoms with E-state index in [4.69, 9.17) is 5.26 Å². The third-order valence-electron chi connectivity index (χ3n) is 3.73. The number of sulfone groups is 1. The molecule has 0 bridgehead atoms. The molecule has 0 spiro atoms. The average Bonchev–Trinajstić information content (AvgIpc) is 2.14. The normalized spacial score (nSPS) is 32.1. The average molecular weight is 243 g/mol. The highest BCUT2D eigenvalue weighted by Gasteiger charge is 2.40. The first-order valence-electron chi connectivity index (χ1n) is 5.74. The first-order valence-corrected chi connectivity index (χ1v) is 7.70. The van der Waals surface area contributed by atoms with Gasteiger partial charge in [-0.3, -0.25) is 0 Å². The SMILES string of the molecule is CC(C)(C)C1CCC(C#N)C(S(C)(=O)=O)C1. The van der Waals surface area contributed by atoms with Gasteiger partial charge in [0, 0.05) is 6.26 Å². The maximum absolute atomic E-state index is 11.7.